The van der Waals surface area contributed by atoms with Gasteiger partial charge in [0.2, 0.25) is 23.6 Å². The molecule has 0 aromatic heterocycles. The highest BCUT2D eigenvalue weighted by Gasteiger charge is 2.31. The Morgan fingerprint density at radius 2 is 1.50 bits per heavy atom. The van der Waals surface area contributed by atoms with Crippen LogP contribution in [0.3, 0.4) is 0 Å². The molecule has 0 aliphatic heterocycles. The Kier molecular flexibility index (Phi) is 15.9. The molecule has 36 heavy (non-hydrogen) atoms. The zero-order valence-electron chi connectivity index (χ0n) is 21.0. The SMILES string of the molecule is CSCCC(NC(=O)C(N)CCC(N)=O)C(=O)NC(C(=O)NC(CCCN=C(N)N)C(=O)O)C(C)C. The fraction of sp³-hybridized carbons (Fsp3) is 0.714. The number of primary amides is 1. The summed E-state index contributed by atoms with van der Waals surface area (Å²) in [5.41, 5.74) is 21.4. The molecule has 15 heteroatoms. The van der Waals surface area contributed by atoms with E-state index < -0.39 is 53.8 Å². The zero-order valence-corrected chi connectivity index (χ0v) is 21.8. The van der Waals surface area contributed by atoms with Crippen molar-refractivity contribution in [1.29, 1.82) is 0 Å². The molecule has 0 aliphatic carbocycles. The fourth-order valence-corrected chi connectivity index (χ4v) is 3.49. The van der Waals surface area contributed by atoms with Gasteiger partial charge in [-0.3, -0.25) is 24.2 Å². The molecule has 0 heterocycles. The van der Waals surface area contributed by atoms with Crippen LogP contribution in [0.4, 0.5) is 0 Å². The number of carbonyl (C=O) groups is 5. The minimum absolute atomic E-state index is 0.0226. The van der Waals surface area contributed by atoms with E-state index in [0.29, 0.717) is 12.2 Å². The molecule has 12 N–H and O–H groups in total. The highest BCUT2D eigenvalue weighted by atomic mass is 32.2. The smallest absolute Gasteiger partial charge is 0.326 e. The molecule has 0 fully saturated rings. The number of nitrogens with two attached hydrogens (primary N) is 4. The molecule has 0 rings (SSSR count). The van der Waals surface area contributed by atoms with Crippen LogP contribution in [0.15, 0.2) is 4.99 Å². The Hall–Kier alpha value is -3.07. The van der Waals surface area contributed by atoms with Crippen molar-refractivity contribution in [1.82, 2.24) is 16.0 Å². The van der Waals surface area contributed by atoms with E-state index in [1.165, 1.54) is 11.8 Å². The van der Waals surface area contributed by atoms with Crippen LogP contribution in [-0.2, 0) is 24.0 Å². The lowest BCUT2D eigenvalue weighted by atomic mass is 10.0. The highest BCUT2D eigenvalue weighted by molar-refractivity contribution is 7.98. The number of nitrogens with one attached hydrogen (secondary N) is 3. The first kappa shape index (κ1) is 32.9. The summed E-state index contributed by atoms with van der Waals surface area (Å²) in [6.07, 6.45) is 2.42. The lowest BCUT2D eigenvalue weighted by Crippen LogP contribution is -2.58. The third kappa shape index (κ3) is 13.7. The number of carbonyl (C=O) groups excluding carboxylic acids is 4. The molecule has 0 radical (unpaired) electrons. The molecule has 206 valence electrons. The topological polar surface area (TPSA) is 258 Å². The van der Waals surface area contributed by atoms with Gasteiger partial charge in [-0.2, -0.15) is 11.8 Å². The Morgan fingerprint density at radius 3 is 2.00 bits per heavy atom. The molecular weight excluding hydrogens is 492 g/mol. The summed E-state index contributed by atoms with van der Waals surface area (Å²) < 4.78 is 0. The van der Waals surface area contributed by atoms with E-state index in [-0.39, 0.29) is 44.1 Å². The summed E-state index contributed by atoms with van der Waals surface area (Å²) in [7, 11) is 0. The van der Waals surface area contributed by atoms with Gasteiger partial charge in [-0.25, -0.2) is 4.79 Å². The van der Waals surface area contributed by atoms with Gasteiger partial charge in [0.1, 0.15) is 18.1 Å². The van der Waals surface area contributed by atoms with Crippen molar-refractivity contribution in [3.05, 3.63) is 0 Å². The number of guanidine groups is 1. The highest BCUT2D eigenvalue weighted by Crippen LogP contribution is 2.08. The van der Waals surface area contributed by atoms with E-state index >= 15 is 0 Å². The average Bonchev–Trinajstić information content (AvgIpc) is 2.79. The van der Waals surface area contributed by atoms with E-state index in [1.54, 1.807) is 13.8 Å². The van der Waals surface area contributed by atoms with Crippen molar-refractivity contribution in [2.24, 2.45) is 33.8 Å². The molecule has 14 nitrogen and oxygen atoms in total. The van der Waals surface area contributed by atoms with Gasteiger partial charge in [-0.05, 0) is 43.6 Å². The van der Waals surface area contributed by atoms with Crippen LogP contribution in [0.1, 0.15) is 46.0 Å². The Bertz CT molecular complexity index is 790. The maximum atomic E-state index is 13.0. The van der Waals surface area contributed by atoms with Crippen molar-refractivity contribution in [2.75, 3.05) is 18.6 Å². The third-order valence-electron chi connectivity index (χ3n) is 5.09. The number of hydrogen-bond acceptors (Lipinski definition) is 8. The van der Waals surface area contributed by atoms with Crippen LogP contribution < -0.4 is 38.9 Å². The standard InChI is InChI=1S/C21H40N8O6S/c1-11(2)16(19(33)28-14(20(34)35)5-4-9-26-21(24)25)29-18(32)13(8-10-36-3)27-17(31)12(22)6-7-15(23)30/h11-14,16H,4-10,22H2,1-3H3,(H2,23,30)(H,27,31)(H,28,33)(H,29,32)(H,34,35)(H4,24,25,26). The summed E-state index contributed by atoms with van der Waals surface area (Å²) in [5, 5.41) is 17.1. The van der Waals surface area contributed by atoms with Crippen molar-refractivity contribution in [3.8, 4) is 0 Å². The quantitative estimate of drug-likeness (QED) is 0.0526. The van der Waals surface area contributed by atoms with Crippen molar-refractivity contribution in [2.45, 2.75) is 70.1 Å². The van der Waals surface area contributed by atoms with E-state index in [0.717, 1.165) is 0 Å². The summed E-state index contributed by atoms with van der Waals surface area (Å²) in [6, 6.07) is -4.30. The largest absolute Gasteiger partial charge is 0.480 e. The summed E-state index contributed by atoms with van der Waals surface area (Å²) >= 11 is 1.46. The minimum Gasteiger partial charge on any atom is -0.480 e. The van der Waals surface area contributed by atoms with Gasteiger partial charge in [-0.15, -0.1) is 0 Å². The van der Waals surface area contributed by atoms with Crippen molar-refractivity contribution < 1.29 is 29.1 Å². The number of aliphatic carboxylic acids is 1. The number of carboxylic acid groups (broad SMARTS) is 1. The molecular formula is C21H40N8O6S. The predicted octanol–water partition coefficient (Wildman–Crippen LogP) is -2.42. The molecule has 4 amide bonds. The monoisotopic (exact) mass is 532 g/mol. The van der Waals surface area contributed by atoms with Gasteiger partial charge in [0.15, 0.2) is 5.96 Å². The first-order chi connectivity index (χ1) is 16.8. The summed E-state index contributed by atoms with van der Waals surface area (Å²) in [4.78, 5) is 64.6. The van der Waals surface area contributed by atoms with Crippen LogP contribution in [0, 0.1) is 5.92 Å². The summed E-state index contributed by atoms with van der Waals surface area (Å²) in [5.74, 6) is -3.74. The Labute approximate surface area is 215 Å². The zero-order chi connectivity index (χ0) is 27.8. The molecule has 4 atom stereocenters. The number of carboxylic acids is 1. The van der Waals surface area contributed by atoms with Gasteiger partial charge in [0, 0.05) is 13.0 Å². The van der Waals surface area contributed by atoms with Gasteiger partial charge in [0.25, 0.3) is 0 Å². The second-order valence-electron chi connectivity index (χ2n) is 8.53. The van der Waals surface area contributed by atoms with Gasteiger partial charge >= 0.3 is 5.97 Å². The maximum Gasteiger partial charge on any atom is 0.326 e. The van der Waals surface area contributed by atoms with Crippen molar-refractivity contribution >= 4 is 47.3 Å². The van der Waals surface area contributed by atoms with Crippen molar-refractivity contribution in [3.63, 3.8) is 0 Å². The molecule has 4 unspecified atom stereocenters. The molecule has 0 saturated heterocycles. The van der Waals surface area contributed by atoms with Crippen LogP contribution >= 0.6 is 11.8 Å². The first-order valence-corrected chi connectivity index (χ1v) is 12.9. The van der Waals surface area contributed by atoms with Crippen LogP contribution in [0.25, 0.3) is 0 Å². The number of nitrogens with zero attached hydrogens (tertiary/aromatic N) is 1. The third-order valence-corrected chi connectivity index (χ3v) is 5.73. The molecule has 0 saturated carbocycles. The van der Waals surface area contributed by atoms with E-state index in [2.05, 4.69) is 20.9 Å². The van der Waals surface area contributed by atoms with Crippen LogP contribution in [0.5, 0.6) is 0 Å². The number of amides is 4. The Balaban J connectivity index is 5.32. The van der Waals surface area contributed by atoms with E-state index in [9.17, 15) is 29.1 Å². The number of hydrogen-bond donors (Lipinski definition) is 8. The lowest BCUT2D eigenvalue weighted by Gasteiger charge is -2.27. The lowest BCUT2D eigenvalue weighted by molar-refractivity contribution is -0.142. The average molecular weight is 533 g/mol. The Morgan fingerprint density at radius 1 is 0.889 bits per heavy atom. The predicted molar refractivity (Wildman–Crippen MR) is 138 cm³/mol. The van der Waals surface area contributed by atoms with Crippen LogP contribution in [0.2, 0.25) is 0 Å². The molecule has 0 spiro atoms. The molecule has 0 bridgehead atoms. The molecule has 0 aromatic rings. The number of rotatable bonds is 18. The van der Waals surface area contributed by atoms with E-state index in [4.69, 9.17) is 22.9 Å². The second kappa shape index (κ2) is 17.4. The second-order valence-corrected chi connectivity index (χ2v) is 9.52. The first-order valence-electron chi connectivity index (χ1n) is 11.5. The molecule has 0 aliphatic rings. The molecule has 0 aromatic carbocycles. The van der Waals surface area contributed by atoms with Crippen LogP contribution in [-0.4, -0.2) is 83.4 Å². The number of aliphatic imine (C=N–C) groups is 1. The minimum atomic E-state index is -1.24. The van der Waals surface area contributed by atoms with Gasteiger partial charge in [0.05, 0.1) is 6.04 Å². The maximum absolute atomic E-state index is 13.0. The van der Waals surface area contributed by atoms with E-state index in [1.807, 2.05) is 6.26 Å². The van der Waals surface area contributed by atoms with Gasteiger partial charge in [-0.1, -0.05) is 13.8 Å². The summed E-state index contributed by atoms with van der Waals surface area (Å²) in [6.45, 7) is 3.58. The fourth-order valence-electron chi connectivity index (χ4n) is 3.02. The van der Waals surface area contributed by atoms with Gasteiger partial charge < -0.3 is 44.0 Å². The normalized spacial score (nSPS) is 14.1. The number of thioether (sulfide) groups is 1.